The predicted octanol–water partition coefficient (Wildman–Crippen LogP) is 4.85. The van der Waals surface area contributed by atoms with Crippen molar-refractivity contribution in [3.8, 4) is 0 Å². The van der Waals surface area contributed by atoms with Gasteiger partial charge in [-0.05, 0) is 71.0 Å². The summed E-state index contributed by atoms with van der Waals surface area (Å²) < 4.78 is 8.54. The Hall–Kier alpha value is -2.84. The van der Waals surface area contributed by atoms with Gasteiger partial charge in [-0.2, -0.15) is 9.61 Å². The summed E-state index contributed by atoms with van der Waals surface area (Å²) in [5.41, 5.74) is 2.52. The summed E-state index contributed by atoms with van der Waals surface area (Å²) in [4.78, 5) is 25.6. The number of aromatic nitrogens is 3. The molecule has 1 unspecified atom stereocenters. The fourth-order valence-electron chi connectivity index (χ4n) is 4.56. The zero-order valence-corrected chi connectivity index (χ0v) is 22.3. The Balaban J connectivity index is 1.58. The average Bonchev–Trinajstić information content (AvgIpc) is 3.07. The van der Waals surface area contributed by atoms with Crippen molar-refractivity contribution in [1.82, 2.24) is 24.8 Å². The van der Waals surface area contributed by atoms with Gasteiger partial charge >= 0.3 is 11.8 Å². The van der Waals surface area contributed by atoms with Gasteiger partial charge in [0, 0.05) is 12.2 Å². The van der Waals surface area contributed by atoms with Crippen LogP contribution in [0, 0.1) is 12.8 Å². The highest BCUT2D eigenvalue weighted by molar-refractivity contribution is 6.34. The third-order valence-corrected chi connectivity index (χ3v) is 7.01. The molecule has 0 radical (unpaired) electrons. The lowest BCUT2D eigenvalue weighted by Crippen LogP contribution is -2.40. The molecule has 1 fully saturated rings. The van der Waals surface area contributed by atoms with Crippen LogP contribution < -0.4 is 16.3 Å². The molecule has 1 amide bonds. The van der Waals surface area contributed by atoms with Crippen molar-refractivity contribution in [1.29, 1.82) is 0 Å². The molecule has 194 valence electrons. The number of carbonyl (C=O) groups is 1. The molecule has 36 heavy (non-hydrogen) atoms. The fraction of sp³-hybridized carbons (Fsp3) is 0.519. The lowest BCUT2D eigenvalue weighted by molar-refractivity contribution is 0.0527. The lowest BCUT2D eigenvalue weighted by Gasteiger charge is -2.36. The molecule has 0 spiro atoms. The maximum atomic E-state index is 13.6. The number of halogens is 1. The second-order valence-electron chi connectivity index (χ2n) is 10.5. The molecule has 1 aromatic carbocycles. The largest absolute Gasteiger partial charge is 0.444 e. The first-order valence-corrected chi connectivity index (χ1v) is 13.0. The van der Waals surface area contributed by atoms with E-state index in [1.165, 1.54) is 10.9 Å². The van der Waals surface area contributed by atoms with Crippen LogP contribution in [0.2, 0.25) is 5.02 Å². The number of nitrogens with one attached hydrogen (secondary N) is 2. The molecule has 0 bridgehead atoms. The molecule has 1 aliphatic rings. The van der Waals surface area contributed by atoms with E-state index in [9.17, 15) is 9.59 Å². The van der Waals surface area contributed by atoms with Crippen molar-refractivity contribution in [3.05, 3.63) is 68.9 Å². The first-order chi connectivity index (χ1) is 17.1. The monoisotopic (exact) mass is 513 g/mol. The van der Waals surface area contributed by atoms with Gasteiger partial charge in [-0.15, -0.1) is 0 Å². The van der Waals surface area contributed by atoms with E-state index in [0.717, 1.165) is 30.5 Å². The van der Waals surface area contributed by atoms with Crippen LogP contribution >= 0.6 is 11.6 Å². The molecule has 3 aromatic rings. The standard InChI is InChI=1S/C27H36ClN5O3/c1-18-23(28)21-16-22(32(26(35)33(21)31-18)17-19-10-6-5-7-11-19)24(20-12-8-13-20)29-14-9-15-30-25(34)36-27(2,3)4/h5-7,10-11,16,20,24,29H,8-9,12-15,17H2,1-4H3,(H,30,34). The molecule has 1 saturated carbocycles. The van der Waals surface area contributed by atoms with Gasteiger partial charge in [-0.3, -0.25) is 4.57 Å². The first kappa shape index (κ1) is 26.2. The van der Waals surface area contributed by atoms with Gasteiger partial charge < -0.3 is 15.4 Å². The first-order valence-electron chi connectivity index (χ1n) is 12.7. The minimum absolute atomic E-state index is 0.00652. The average molecular weight is 514 g/mol. The number of alkyl carbamates (subject to hydrolysis) is 1. The van der Waals surface area contributed by atoms with Crippen LogP contribution in [-0.4, -0.2) is 39.0 Å². The van der Waals surface area contributed by atoms with Gasteiger partial charge in [0.2, 0.25) is 0 Å². The Morgan fingerprint density at radius 1 is 1.22 bits per heavy atom. The van der Waals surface area contributed by atoms with Gasteiger partial charge in [0.15, 0.2) is 0 Å². The molecule has 0 saturated heterocycles. The van der Waals surface area contributed by atoms with Crippen LogP contribution in [0.4, 0.5) is 4.79 Å². The molecular weight excluding hydrogens is 478 g/mol. The molecule has 4 rings (SSSR count). The zero-order chi connectivity index (χ0) is 25.9. The number of benzene rings is 1. The van der Waals surface area contributed by atoms with Crippen molar-refractivity contribution in [2.24, 2.45) is 5.92 Å². The van der Waals surface area contributed by atoms with Crippen LogP contribution in [-0.2, 0) is 11.3 Å². The van der Waals surface area contributed by atoms with E-state index in [1.54, 1.807) is 0 Å². The number of hydrogen-bond donors (Lipinski definition) is 2. The topological polar surface area (TPSA) is 89.7 Å². The molecule has 2 aromatic heterocycles. The van der Waals surface area contributed by atoms with Crippen molar-refractivity contribution >= 4 is 23.2 Å². The second kappa shape index (κ2) is 11.0. The zero-order valence-electron chi connectivity index (χ0n) is 21.5. The number of nitrogens with zero attached hydrogens (tertiary/aromatic N) is 3. The highest BCUT2D eigenvalue weighted by Gasteiger charge is 2.31. The molecule has 2 heterocycles. The summed E-state index contributed by atoms with van der Waals surface area (Å²) in [5.74, 6) is 0.426. The van der Waals surface area contributed by atoms with Gasteiger partial charge in [0.25, 0.3) is 0 Å². The van der Waals surface area contributed by atoms with Gasteiger partial charge in [-0.25, -0.2) is 9.59 Å². The van der Waals surface area contributed by atoms with E-state index in [2.05, 4.69) is 15.7 Å². The predicted molar refractivity (Wildman–Crippen MR) is 142 cm³/mol. The van der Waals surface area contributed by atoms with Crippen LogP contribution in [0.15, 0.2) is 41.2 Å². The Labute approximate surface area is 217 Å². The quantitative estimate of drug-likeness (QED) is 0.399. The molecular formula is C27H36ClN5O3. The SMILES string of the molecule is Cc1nn2c(=O)n(Cc3ccccc3)c(C(NCCCNC(=O)OC(C)(C)C)C3CCC3)cc2c1Cl. The number of amides is 1. The molecule has 2 N–H and O–H groups in total. The number of rotatable bonds is 9. The van der Waals surface area contributed by atoms with Crippen molar-refractivity contribution < 1.29 is 9.53 Å². The molecule has 1 atom stereocenters. The molecule has 8 nitrogen and oxygen atoms in total. The van der Waals surface area contributed by atoms with Crippen molar-refractivity contribution in [2.45, 2.75) is 71.6 Å². The van der Waals surface area contributed by atoms with Gasteiger partial charge in [0.1, 0.15) is 5.60 Å². The number of carbonyl (C=O) groups excluding carboxylic acids is 1. The third-order valence-electron chi connectivity index (χ3n) is 6.54. The maximum absolute atomic E-state index is 13.6. The van der Waals surface area contributed by atoms with Gasteiger partial charge in [0.05, 0.1) is 28.8 Å². The minimum Gasteiger partial charge on any atom is -0.444 e. The minimum atomic E-state index is -0.522. The third kappa shape index (κ3) is 6.10. The van der Waals surface area contributed by atoms with Crippen molar-refractivity contribution in [2.75, 3.05) is 13.1 Å². The van der Waals surface area contributed by atoms with E-state index in [0.29, 0.717) is 41.8 Å². The molecule has 1 aliphatic carbocycles. The summed E-state index contributed by atoms with van der Waals surface area (Å²) in [6.07, 6.45) is 3.71. The number of fused-ring (bicyclic) bond motifs is 1. The van der Waals surface area contributed by atoms with Gasteiger partial charge in [-0.1, -0.05) is 48.4 Å². The van der Waals surface area contributed by atoms with Crippen LogP contribution in [0.5, 0.6) is 0 Å². The Morgan fingerprint density at radius 3 is 2.58 bits per heavy atom. The van der Waals surface area contributed by atoms with E-state index < -0.39 is 11.7 Å². The van der Waals surface area contributed by atoms with Crippen molar-refractivity contribution in [3.63, 3.8) is 0 Å². The van der Waals surface area contributed by atoms with Crippen LogP contribution in [0.1, 0.15) is 69.4 Å². The van der Waals surface area contributed by atoms with E-state index >= 15 is 0 Å². The number of hydrogen-bond acceptors (Lipinski definition) is 5. The normalized spacial score (nSPS) is 15.0. The van der Waals surface area contributed by atoms with E-state index in [-0.39, 0.29) is 11.7 Å². The number of aryl methyl sites for hydroxylation is 1. The van der Waals surface area contributed by atoms with Crippen LogP contribution in [0.3, 0.4) is 0 Å². The Kier molecular flexibility index (Phi) is 8.05. The van der Waals surface area contributed by atoms with Crippen LogP contribution in [0.25, 0.3) is 5.52 Å². The summed E-state index contributed by atoms with van der Waals surface area (Å²) in [7, 11) is 0. The maximum Gasteiger partial charge on any atom is 0.407 e. The summed E-state index contributed by atoms with van der Waals surface area (Å²) in [6.45, 7) is 8.99. The summed E-state index contributed by atoms with van der Waals surface area (Å²) in [5, 5.41) is 11.4. The summed E-state index contributed by atoms with van der Waals surface area (Å²) in [6, 6.07) is 12.0. The number of ether oxygens (including phenoxy) is 1. The second-order valence-corrected chi connectivity index (χ2v) is 10.9. The Morgan fingerprint density at radius 2 is 1.94 bits per heavy atom. The smallest absolute Gasteiger partial charge is 0.407 e. The summed E-state index contributed by atoms with van der Waals surface area (Å²) >= 11 is 6.55. The Bertz CT molecular complexity index is 1260. The van der Waals surface area contributed by atoms with E-state index in [4.69, 9.17) is 16.3 Å². The highest BCUT2D eigenvalue weighted by atomic mass is 35.5. The fourth-order valence-corrected chi connectivity index (χ4v) is 4.73. The highest BCUT2D eigenvalue weighted by Crippen LogP contribution is 2.38. The molecule has 9 heteroatoms. The molecule has 0 aliphatic heterocycles. The lowest BCUT2D eigenvalue weighted by atomic mass is 9.78. The van der Waals surface area contributed by atoms with E-state index in [1.807, 2.05) is 68.7 Å².